The van der Waals surface area contributed by atoms with Crippen LogP contribution >= 0.6 is 0 Å². The van der Waals surface area contributed by atoms with Gasteiger partial charge in [-0.3, -0.25) is 0 Å². The molecule has 0 aromatic carbocycles. The lowest BCUT2D eigenvalue weighted by Gasteiger charge is -2.42. The summed E-state index contributed by atoms with van der Waals surface area (Å²) in [6.45, 7) is 12.5. The molecular weight excluding hydrogens is 238 g/mol. The Morgan fingerprint density at radius 2 is 1.95 bits per heavy atom. The summed E-state index contributed by atoms with van der Waals surface area (Å²) in [7, 11) is 0. The molecule has 0 radical (unpaired) electrons. The van der Waals surface area contributed by atoms with E-state index in [2.05, 4.69) is 27.7 Å². The van der Waals surface area contributed by atoms with Gasteiger partial charge in [-0.2, -0.15) is 0 Å². The molecule has 0 saturated heterocycles. The van der Waals surface area contributed by atoms with Gasteiger partial charge >= 0.3 is 0 Å². The lowest BCUT2D eigenvalue weighted by atomic mass is 9.68. The SMILES string of the molecule is CCOCC(C)OC1CC(C(C)(C)CC)CCC1N. The van der Waals surface area contributed by atoms with Crippen LogP contribution in [0.4, 0.5) is 0 Å². The summed E-state index contributed by atoms with van der Waals surface area (Å²) < 4.78 is 11.5. The fraction of sp³-hybridized carbons (Fsp3) is 1.00. The van der Waals surface area contributed by atoms with Gasteiger partial charge in [0.1, 0.15) is 0 Å². The molecule has 0 heterocycles. The molecule has 0 aromatic rings. The van der Waals surface area contributed by atoms with Crippen LogP contribution in [0.15, 0.2) is 0 Å². The zero-order valence-electron chi connectivity index (χ0n) is 13.4. The predicted molar refractivity (Wildman–Crippen MR) is 80.2 cm³/mol. The second-order valence-electron chi connectivity index (χ2n) is 6.66. The van der Waals surface area contributed by atoms with Gasteiger partial charge in [-0.25, -0.2) is 0 Å². The minimum atomic E-state index is 0.138. The molecule has 0 aliphatic heterocycles. The fourth-order valence-electron chi connectivity index (χ4n) is 2.93. The lowest BCUT2D eigenvalue weighted by molar-refractivity contribution is -0.0830. The molecule has 1 aliphatic rings. The van der Waals surface area contributed by atoms with Crippen molar-refractivity contribution in [1.29, 1.82) is 0 Å². The molecule has 0 aromatic heterocycles. The molecule has 19 heavy (non-hydrogen) atoms. The fourth-order valence-corrected chi connectivity index (χ4v) is 2.93. The first-order chi connectivity index (χ1) is 8.90. The summed E-state index contributed by atoms with van der Waals surface area (Å²) in [4.78, 5) is 0. The van der Waals surface area contributed by atoms with Gasteiger partial charge < -0.3 is 15.2 Å². The van der Waals surface area contributed by atoms with E-state index in [-0.39, 0.29) is 18.2 Å². The van der Waals surface area contributed by atoms with Crippen molar-refractivity contribution in [3.63, 3.8) is 0 Å². The first-order valence-corrected chi connectivity index (χ1v) is 7.89. The highest BCUT2D eigenvalue weighted by Crippen LogP contribution is 2.41. The molecule has 1 saturated carbocycles. The van der Waals surface area contributed by atoms with Crippen molar-refractivity contribution in [3.05, 3.63) is 0 Å². The molecule has 4 unspecified atom stereocenters. The monoisotopic (exact) mass is 271 g/mol. The molecule has 4 atom stereocenters. The Bertz CT molecular complexity index is 255. The normalized spacial score (nSPS) is 30.3. The topological polar surface area (TPSA) is 44.5 Å². The zero-order valence-corrected chi connectivity index (χ0v) is 13.4. The van der Waals surface area contributed by atoms with E-state index < -0.39 is 0 Å². The van der Waals surface area contributed by atoms with Crippen molar-refractivity contribution in [2.75, 3.05) is 13.2 Å². The first-order valence-electron chi connectivity index (χ1n) is 7.89. The number of hydrogen-bond acceptors (Lipinski definition) is 3. The van der Waals surface area contributed by atoms with Crippen molar-refractivity contribution in [2.45, 2.75) is 78.6 Å². The van der Waals surface area contributed by atoms with Gasteiger partial charge in [0.15, 0.2) is 0 Å². The van der Waals surface area contributed by atoms with Gasteiger partial charge in [-0.15, -0.1) is 0 Å². The van der Waals surface area contributed by atoms with Crippen molar-refractivity contribution < 1.29 is 9.47 Å². The maximum Gasteiger partial charge on any atom is 0.0785 e. The third-order valence-corrected chi connectivity index (χ3v) is 4.82. The molecule has 3 nitrogen and oxygen atoms in total. The number of hydrogen-bond donors (Lipinski definition) is 1. The van der Waals surface area contributed by atoms with Gasteiger partial charge in [0.2, 0.25) is 0 Å². The highest BCUT2D eigenvalue weighted by Gasteiger charge is 2.36. The molecule has 0 bridgehead atoms. The van der Waals surface area contributed by atoms with E-state index in [1.165, 1.54) is 12.8 Å². The minimum Gasteiger partial charge on any atom is -0.379 e. The second-order valence-corrected chi connectivity index (χ2v) is 6.66. The van der Waals surface area contributed by atoms with Gasteiger partial charge in [-0.05, 0) is 44.4 Å². The summed E-state index contributed by atoms with van der Waals surface area (Å²) in [5.74, 6) is 0.724. The van der Waals surface area contributed by atoms with Crippen LogP contribution in [0.1, 0.15) is 60.3 Å². The Kier molecular flexibility index (Phi) is 6.78. The Balaban J connectivity index is 2.51. The van der Waals surface area contributed by atoms with Crippen LogP contribution in [-0.2, 0) is 9.47 Å². The summed E-state index contributed by atoms with van der Waals surface area (Å²) in [5.41, 5.74) is 6.63. The van der Waals surface area contributed by atoms with Gasteiger partial charge in [0.05, 0.1) is 18.8 Å². The number of ether oxygens (including phenoxy) is 2. The lowest BCUT2D eigenvalue weighted by Crippen LogP contribution is -2.46. The molecule has 3 heteroatoms. The number of rotatable bonds is 7. The van der Waals surface area contributed by atoms with Crippen molar-refractivity contribution in [2.24, 2.45) is 17.1 Å². The van der Waals surface area contributed by atoms with Crippen LogP contribution in [0.2, 0.25) is 0 Å². The molecule has 1 aliphatic carbocycles. The molecule has 114 valence electrons. The summed E-state index contributed by atoms with van der Waals surface area (Å²) in [6.07, 6.45) is 4.97. The molecule has 1 fully saturated rings. The van der Waals surface area contributed by atoms with E-state index >= 15 is 0 Å². The summed E-state index contributed by atoms with van der Waals surface area (Å²) >= 11 is 0. The Labute approximate surface area is 119 Å². The Morgan fingerprint density at radius 1 is 1.26 bits per heavy atom. The van der Waals surface area contributed by atoms with Crippen molar-refractivity contribution >= 4 is 0 Å². The van der Waals surface area contributed by atoms with Crippen LogP contribution in [0.5, 0.6) is 0 Å². The number of nitrogens with two attached hydrogens (primary N) is 1. The smallest absolute Gasteiger partial charge is 0.0785 e. The average molecular weight is 271 g/mol. The molecular formula is C16H33NO2. The minimum absolute atomic E-state index is 0.138. The summed E-state index contributed by atoms with van der Waals surface area (Å²) in [6, 6.07) is 0.188. The first kappa shape index (κ1) is 16.9. The summed E-state index contributed by atoms with van der Waals surface area (Å²) in [5, 5.41) is 0. The quantitative estimate of drug-likeness (QED) is 0.772. The van der Waals surface area contributed by atoms with Gasteiger partial charge in [0.25, 0.3) is 0 Å². The highest BCUT2D eigenvalue weighted by atomic mass is 16.5. The molecule has 0 amide bonds. The predicted octanol–water partition coefficient (Wildman–Crippen LogP) is 3.36. The van der Waals surface area contributed by atoms with E-state index in [1.807, 2.05) is 6.92 Å². The van der Waals surface area contributed by atoms with E-state index in [9.17, 15) is 0 Å². The third kappa shape index (κ3) is 5.05. The Hall–Kier alpha value is -0.120. The standard InChI is InChI=1S/C16H33NO2/c1-6-16(4,5)13-8-9-14(17)15(10-13)19-12(3)11-18-7-2/h12-15H,6-11,17H2,1-5H3. The third-order valence-electron chi connectivity index (χ3n) is 4.82. The van der Waals surface area contributed by atoms with E-state index in [0.29, 0.717) is 12.0 Å². The van der Waals surface area contributed by atoms with Gasteiger partial charge in [-0.1, -0.05) is 27.2 Å². The average Bonchev–Trinajstić information content (AvgIpc) is 2.38. The van der Waals surface area contributed by atoms with Crippen LogP contribution < -0.4 is 5.73 Å². The van der Waals surface area contributed by atoms with E-state index in [1.54, 1.807) is 0 Å². The Morgan fingerprint density at radius 3 is 2.53 bits per heavy atom. The van der Waals surface area contributed by atoms with E-state index in [0.717, 1.165) is 25.4 Å². The van der Waals surface area contributed by atoms with Gasteiger partial charge in [0, 0.05) is 12.6 Å². The molecule has 0 spiro atoms. The largest absolute Gasteiger partial charge is 0.379 e. The van der Waals surface area contributed by atoms with Crippen LogP contribution in [-0.4, -0.2) is 31.5 Å². The zero-order chi connectivity index (χ0) is 14.5. The van der Waals surface area contributed by atoms with E-state index in [4.69, 9.17) is 15.2 Å². The molecule has 1 rings (SSSR count). The van der Waals surface area contributed by atoms with Crippen molar-refractivity contribution in [1.82, 2.24) is 0 Å². The maximum atomic E-state index is 6.24. The van der Waals surface area contributed by atoms with Crippen LogP contribution in [0.3, 0.4) is 0 Å². The maximum absolute atomic E-state index is 6.24. The van der Waals surface area contributed by atoms with Crippen LogP contribution in [0.25, 0.3) is 0 Å². The molecule has 2 N–H and O–H groups in total. The van der Waals surface area contributed by atoms with Crippen molar-refractivity contribution in [3.8, 4) is 0 Å². The van der Waals surface area contributed by atoms with Crippen LogP contribution in [0, 0.1) is 11.3 Å². The second kappa shape index (κ2) is 7.61. The highest BCUT2D eigenvalue weighted by molar-refractivity contribution is 4.89.